The summed E-state index contributed by atoms with van der Waals surface area (Å²) in [5, 5.41) is 14.5. The Morgan fingerprint density at radius 2 is 1.90 bits per heavy atom. The van der Waals surface area contributed by atoms with Crippen LogP contribution in [-0.2, 0) is 9.59 Å². The van der Waals surface area contributed by atoms with Crippen molar-refractivity contribution in [2.24, 2.45) is 23.7 Å². The number of halogens is 1. The Morgan fingerprint density at radius 3 is 2.55 bits per heavy atom. The van der Waals surface area contributed by atoms with Crippen LogP contribution in [0.3, 0.4) is 0 Å². The molecule has 0 spiro atoms. The van der Waals surface area contributed by atoms with Crippen LogP contribution in [0.1, 0.15) is 6.42 Å². The molecule has 0 aliphatic heterocycles. The first kappa shape index (κ1) is 13.2. The van der Waals surface area contributed by atoms with E-state index in [4.69, 9.17) is 11.6 Å². The predicted octanol–water partition coefficient (Wildman–Crippen LogP) is 1.47. The molecule has 4 nitrogen and oxygen atoms in total. The Morgan fingerprint density at radius 1 is 1.20 bits per heavy atom. The van der Waals surface area contributed by atoms with E-state index in [-0.39, 0.29) is 17.7 Å². The van der Waals surface area contributed by atoms with Gasteiger partial charge in [-0.05, 0) is 36.5 Å². The molecule has 1 aromatic rings. The average Bonchev–Trinajstić information content (AvgIpc) is 2.98. The van der Waals surface area contributed by atoms with Crippen LogP contribution in [0.15, 0.2) is 36.4 Å². The van der Waals surface area contributed by atoms with Gasteiger partial charge >= 0.3 is 0 Å². The Kier molecular flexibility index (Phi) is 3.26. The van der Waals surface area contributed by atoms with E-state index in [2.05, 4.69) is 5.32 Å². The maximum Gasteiger partial charge on any atom is 0.228 e. The first-order valence-corrected chi connectivity index (χ1v) is 6.89. The highest BCUT2D eigenvalue weighted by molar-refractivity contribution is 6.30. The van der Waals surface area contributed by atoms with E-state index in [1.807, 2.05) is 12.2 Å². The van der Waals surface area contributed by atoms with Crippen molar-refractivity contribution in [2.75, 3.05) is 5.32 Å². The normalized spacial score (nSPS) is 30.4. The molecule has 1 amide bonds. The monoisotopic (exact) mass is 290 g/mol. The Labute approximate surface area is 121 Å². The number of aliphatic carboxylic acids is 1. The number of hydrogen-bond donors (Lipinski definition) is 1. The molecule has 2 bridgehead atoms. The molecule has 3 rings (SSSR count). The zero-order chi connectivity index (χ0) is 14.3. The van der Waals surface area contributed by atoms with Crippen LogP contribution in [0.25, 0.3) is 0 Å². The van der Waals surface area contributed by atoms with Gasteiger partial charge in [-0.3, -0.25) is 4.79 Å². The summed E-state index contributed by atoms with van der Waals surface area (Å²) in [5.74, 6) is -2.81. The first-order chi connectivity index (χ1) is 9.56. The molecule has 2 aliphatic carbocycles. The Hall–Kier alpha value is -1.81. The van der Waals surface area contributed by atoms with Crippen molar-refractivity contribution in [3.63, 3.8) is 0 Å². The van der Waals surface area contributed by atoms with Crippen LogP contribution in [0.2, 0.25) is 5.02 Å². The minimum atomic E-state index is -1.15. The lowest BCUT2D eigenvalue weighted by Gasteiger charge is -2.27. The summed E-state index contributed by atoms with van der Waals surface area (Å²) in [4.78, 5) is 23.6. The van der Waals surface area contributed by atoms with Crippen molar-refractivity contribution in [3.05, 3.63) is 41.4 Å². The Bertz CT molecular complexity index is 599. The van der Waals surface area contributed by atoms with Crippen LogP contribution >= 0.6 is 11.6 Å². The number of benzene rings is 1. The molecule has 0 unspecified atom stereocenters. The van der Waals surface area contributed by atoms with Gasteiger partial charge in [0.1, 0.15) is 0 Å². The lowest BCUT2D eigenvalue weighted by molar-refractivity contribution is -0.313. The van der Waals surface area contributed by atoms with Crippen LogP contribution in [-0.4, -0.2) is 11.9 Å². The number of anilines is 1. The highest BCUT2D eigenvalue weighted by Crippen LogP contribution is 2.48. The average molecular weight is 291 g/mol. The zero-order valence-electron chi connectivity index (χ0n) is 10.6. The van der Waals surface area contributed by atoms with Gasteiger partial charge in [0.25, 0.3) is 0 Å². The fourth-order valence-electron chi connectivity index (χ4n) is 3.29. The van der Waals surface area contributed by atoms with Gasteiger partial charge in [0.05, 0.1) is 5.92 Å². The van der Waals surface area contributed by atoms with E-state index in [1.54, 1.807) is 24.3 Å². The van der Waals surface area contributed by atoms with Gasteiger partial charge in [-0.15, -0.1) is 0 Å². The number of carbonyl (C=O) groups is 2. The molecule has 0 radical (unpaired) electrons. The second kappa shape index (κ2) is 4.94. The molecule has 5 heteroatoms. The molecule has 4 atom stereocenters. The molecule has 1 N–H and O–H groups in total. The van der Waals surface area contributed by atoms with E-state index in [1.165, 1.54) is 0 Å². The quantitative estimate of drug-likeness (QED) is 0.857. The van der Waals surface area contributed by atoms with Crippen LogP contribution < -0.4 is 10.4 Å². The molecular formula is C15H13ClNO3-. The highest BCUT2D eigenvalue weighted by Gasteiger charge is 2.48. The van der Waals surface area contributed by atoms with Crippen molar-refractivity contribution in [2.45, 2.75) is 6.42 Å². The number of carboxylic acid groups (broad SMARTS) is 1. The van der Waals surface area contributed by atoms with E-state index in [9.17, 15) is 14.7 Å². The summed E-state index contributed by atoms with van der Waals surface area (Å²) in [7, 11) is 0. The van der Waals surface area contributed by atoms with Crippen LogP contribution in [0, 0.1) is 23.7 Å². The number of fused-ring (bicyclic) bond motifs is 2. The number of nitrogens with one attached hydrogen (secondary N) is 1. The fourth-order valence-corrected chi connectivity index (χ4v) is 3.48. The third kappa shape index (κ3) is 2.20. The smallest absolute Gasteiger partial charge is 0.228 e. The van der Waals surface area contributed by atoms with Gasteiger partial charge < -0.3 is 15.2 Å². The number of allylic oxidation sites excluding steroid dienone is 2. The summed E-state index contributed by atoms with van der Waals surface area (Å²) in [5.41, 5.74) is 0.575. The molecule has 2 aliphatic rings. The molecule has 104 valence electrons. The third-order valence-corrected chi connectivity index (χ3v) is 4.36. The minimum Gasteiger partial charge on any atom is -0.550 e. The van der Waals surface area contributed by atoms with E-state index >= 15 is 0 Å². The zero-order valence-corrected chi connectivity index (χ0v) is 11.3. The van der Waals surface area contributed by atoms with E-state index in [0.29, 0.717) is 17.1 Å². The third-order valence-electron chi connectivity index (χ3n) is 4.13. The fraction of sp³-hybridized carbons (Fsp3) is 0.333. The standard InChI is InChI=1S/C15H14ClNO3/c16-10-2-1-3-11(7-10)17-14(18)12-8-4-5-9(6-8)13(12)15(19)20/h1-5,7-9,12-13H,6H2,(H,17,18)(H,19,20)/p-1/t8-,9+,12-,13-/m1/s1. The summed E-state index contributed by atoms with van der Waals surface area (Å²) < 4.78 is 0. The molecular weight excluding hydrogens is 278 g/mol. The molecule has 0 aromatic heterocycles. The molecule has 1 aromatic carbocycles. The largest absolute Gasteiger partial charge is 0.550 e. The predicted molar refractivity (Wildman–Crippen MR) is 72.8 cm³/mol. The van der Waals surface area contributed by atoms with Gasteiger partial charge in [0.2, 0.25) is 5.91 Å². The molecule has 0 heterocycles. The SMILES string of the molecule is O=C(Nc1cccc(Cl)c1)[C@H]1[C@H](C(=O)[O-])[C@H]2C=C[C@@H]1C2. The summed E-state index contributed by atoms with van der Waals surface area (Å²) in [6.45, 7) is 0. The lowest BCUT2D eigenvalue weighted by Crippen LogP contribution is -2.42. The van der Waals surface area contributed by atoms with Crippen molar-refractivity contribution in [3.8, 4) is 0 Å². The number of carbonyl (C=O) groups excluding carboxylic acids is 2. The van der Waals surface area contributed by atoms with Crippen LogP contribution in [0.4, 0.5) is 5.69 Å². The summed E-state index contributed by atoms with van der Waals surface area (Å²) in [6, 6.07) is 6.80. The van der Waals surface area contributed by atoms with Gasteiger partial charge in [-0.2, -0.15) is 0 Å². The van der Waals surface area contributed by atoms with Gasteiger partial charge in [0, 0.05) is 22.6 Å². The number of rotatable bonds is 3. The van der Waals surface area contributed by atoms with Crippen molar-refractivity contribution in [1.29, 1.82) is 0 Å². The number of amides is 1. The lowest BCUT2D eigenvalue weighted by atomic mass is 9.82. The van der Waals surface area contributed by atoms with Crippen molar-refractivity contribution < 1.29 is 14.7 Å². The van der Waals surface area contributed by atoms with E-state index in [0.717, 1.165) is 0 Å². The highest BCUT2D eigenvalue weighted by atomic mass is 35.5. The minimum absolute atomic E-state index is 0.0120. The van der Waals surface area contributed by atoms with Crippen LogP contribution in [0.5, 0.6) is 0 Å². The maximum absolute atomic E-state index is 12.4. The summed E-state index contributed by atoms with van der Waals surface area (Å²) in [6.07, 6.45) is 4.53. The van der Waals surface area contributed by atoms with E-state index < -0.39 is 17.8 Å². The van der Waals surface area contributed by atoms with Gasteiger partial charge in [0.15, 0.2) is 0 Å². The molecule has 1 saturated carbocycles. The van der Waals surface area contributed by atoms with Crippen molar-refractivity contribution in [1.82, 2.24) is 0 Å². The maximum atomic E-state index is 12.4. The topological polar surface area (TPSA) is 69.2 Å². The summed E-state index contributed by atoms with van der Waals surface area (Å²) >= 11 is 5.86. The second-order valence-corrected chi connectivity index (χ2v) is 5.75. The van der Waals surface area contributed by atoms with Gasteiger partial charge in [-0.1, -0.05) is 29.8 Å². The first-order valence-electron chi connectivity index (χ1n) is 6.52. The van der Waals surface area contributed by atoms with Crippen molar-refractivity contribution >= 4 is 29.2 Å². The number of hydrogen-bond acceptors (Lipinski definition) is 3. The molecule has 1 fully saturated rings. The molecule has 0 saturated heterocycles. The Balaban J connectivity index is 1.80. The molecule has 20 heavy (non-hydrogen) atoms. The second-order valence-electron chi connectivity index (χ2n) is 5.32. The van der Waals surface area contributed by atoms with Gasteiger partial charge in [-0.25, -0.2) is 0 Å². The number of carboxylic acids is 1.